The van der Waals surface area contributed by atoms with E-state index in [1.807, 2.05) is 20.8 Å². The van der Waals surface area contributed by atoms with Crippen LogP contribution < -0.4 is 0 Å². The summed E-state index contributed by atoms with van der Waals surface area (Å²) in [6.07, 6.45) is 2.91. The minimum atomic E-state index is -3.40. The highest BCUT2D eigenvalue weighted by atomic mass is 32.2. The van der Waals surface area contributed by atoms with E-state index in [2.05, 4.69) is 0 Å². The van der Waals surface area contributed by atoms with Crippen LogP contribution in [0, 0.1) is 5.92 Å². The quantitative estimate of drug-likeness (QED) is 0.834. The van der Waals surface area contributed by atoms with Crippen LogP contribution >= 0.6 is 0 Å². The normalized spacial score (nSPS) is 17.2. The summed E-state index contributed by atoms with van der Waals surface area (Å²) < 4.78 is 29.8. The first-order valence-electron chi connectivity index (χ1n) is 8.14. The fraction of sp³-hybridized carbons (Fsp3) is 0.500. The number of allylic oxidation sites excluding steroid dienone is 1. The fourth-order valence-electron chi connectivity index (χ4n) is 2.50. The molecule has 0 saturated carbocycles. The van der Waals surface area contributed by atoms with Crippen molar-refractivity contribution in [2.24, 2.45) is 5.92 Å². The predicted octanol–water partition coefficient (Wildman–Crippen LogP) is 3.62. The van der Waals surface area contributed by atoms with Gasteiger partial charge >= 0.3 is 6.09 Å². The lowest BCUT2D eigenvalue weighted by Crippen LogP contribution is -2.41. The van der Waals surface area contributed by atoms with Crippen LogP contribution in [-0.4, -0.2) is 38.1 Å². The number of hydrogen-bond acceptors (Lipinski definition) is 4. The van der Waals surface area contributed by atoms with Gasteiger partial charge in [0.15, 0.2) is 9.84 Å². The molecular formula is C18H25NO4S. The number of amides is 1. The number of ether oxygens (including phenoxy) is 1. The first kappa shape index (κ1) is 18.5. The van der Waals surface area contributed by atoms with Crippen LogP contribution in [0.25, 0.3) is 0 Å². The van der Waals surface area contributed by atoms with Gasteiger partial charge in [-0.3, -0.25) is 0 Å². The SMILES string of the molecule is CC(C)(C)OC(=O)N1CCC(/C=C/S(=O)(=O)c2ccccc2)CC1. The summed E-state index contributed by atoms with van der Waals surface area (Å²) in [4.78, 5) is 14.0. The predicted molar refractivity (Wildman–Crippen MR) is 93.3 cm³/mol. The van der Waals surface area contributed by atoms with Gasteiger partial charge in [0.1, 0.15) is 5.60 Å². The Labute approximate surface area is 144 Å². The molecule has 6 heteroatoms. The third kappa shape index (κ3) is 5.37. The minimum absolute atomic E-state index is 0.155. The number of hydrogen-bond donors (Lipinski definition) is 0. The Balaban J connectivity index is 1.90. The van der Waals surface area contributed by atoms with Gasteiger partial charge in [0.05, 0.1) is 4.90 Å². The first-order chi connectivity index (χ1) is 11.2. The van der Waals surface area contributed by atoms with Crippen LogP contribution in [-0.2, 0) is 14.6 Å². The molecule has 1 aromatic carbocycles. The number of rotatable bonds is 3. The van der Waals surface area contributed by atoms with Crippen LogP contribution in [0.3, 0.4) is 0 Å². The second-order valence-electron chi connectivity index (χ2n) is 6.99. The fourth-order valence-corrected chi connectivity index (χ4v) is 3.63. The molecule has 0 radical (unpaired) electrons. The van der Waals surface area contributed by atoms with Crippen molar-refractivity contribution >= 4 is 15.9 Å². The van der Waals surface area contributed by atoms with Gasteiger partial charge in [-0.15, -0.1) is 0 Å². The van der Waals surface area contributed by atoms with Crippen molar-refractivity contribution in [3.8, 4) is 0 Å². The molecule has 1 amide bonds. The lowest BCUT2D eigenvalue weighted by atomic mass is 9.97. The van der Waals surface area contributed by atoms with Crippen molar-refractivity contribution in [1.29, 1.82) is 0 Å². The standard InChI is InChI=1S/C18H25NO4S/c1-18(2,3)23-17(20)19-12-9-15(10-13-19)11-14-24(21,22)16-7-5-4-6-8-16/h4-8,11,14-15H,9-10,12-13H2,1-3H3/b14-11+. The van der Waals surface area contributed by atoms with Gasteiger partial charge in [0.2, 0.25) is 0 Å². The van der Waals surface area contributed by atoms with Gasteiger partial charge in [-0.2, -0.15) is 0 Å². The molecule has 1 aliphatic rings. The average Bonchev–Trinajstić information content (AvgIpc) is 2.53. The van der Waals surface area contributed by atoms with E-state index in [0.717, 1.165) is 12.8 Å². The Hall–Kier alpha value is -1.82. The lowest BCUT2D eigenvalue weighted by Gasteiger charge is -2.32. The van der Waals surface area contributed by atoms with E-state index in [1.165, 1.54) is 5.41 Å². The molecule has 132 valence electrons. The topological polar surface area (TPSA) is 63.7 Å². The molecule has 1 aromatic rings. The molecule has 1 aliphatic heterocycles. The maximum atomic E-state index is 12.2. The Kier molecular flexibility index (Phi) is 5.70. The van der Waals surface area contributed by atoms with E-state index in [-0.39, 0.29) is 12.0 Å². The van der Waals surface area contributed by atoms with E-state index in [4.69, 9.17) is 4.74 Å². The van der Waals surface area contributed by atoms with Gasteiger partial charge < -0.3 is 9.64 Å². The summed E-state index contributed by atoms with van der Waals surface area (Å²) in [5.41, 5.74) is -0.502. The summed E-state index contributed by atoms with van der Waals surface area (Å²) in [5.74, 6) is 0.155. The van der Waals surface area contributed by atoms with E-state index in [1.54, 1.807) is 41.3 Å². The summed E-state index contributed by atoms with van der Waals surface area (Å²) >= 11 is 0. The first-order valence-corrected chi connectivity index (χ1v) is 9.68. The second-order valence-corrected chi connectivity index (χ2v) is 8.83. The van der Waals surface area contributed by atoms with Gasteiger partial charge in [-0.1, -0.05) is 24.3 Å². The molecule has 2 rings (SSSR count). The van der Waals surface area contributed by atoms with E-state index >= 15 is 0 Å². The average molecular weight is 351 g/mol. The molecule has 0 aromatic heterocycles. The number of carbonyl (C=O) groups excluding carboxylic acids is 1. The summed E-state index contributed by atoms with van der Waals surface area (Å²) in [6, 6.07) is 8.38. The molecule has 24 heavy (non-hydrogen) atoms. The number of benzene rings is 1. The van der Waals surface area contributed by atoms with Crippen LogP contribution in [0.2, 0.25) is 0 Å². The molecule has 5 nitrogen and oxygen atoms in total. The number of sulfone groups is 1. The third-order valence-corrected chi connectivity index (χ3v) is 5.24. The highest BCUT2D eigenvalue weighted by Gasteiger charge is 2.26. The molecule has 1 saturated heterocycles. The molecule has 1 heterocycles. The molecule has 0 N–H and O–H groups in total. The summed E-state index contributed by atoms with van der Waals surface area (Å²) in [7, 11) is -3.40. The monoisotopic (exact) mass is 351 g/mol. The number of likely N-dealkylation sites (tertiary alicyclic amines) is 1. The summed E-state index contributed by atoms with van der Waals surface area (Å²) in [5, 5.41) is 1.29. The van der Waals surface area contributed by atoms with Crippen molar-refractivity contribution in [1.82, 2.24) is 4.90 Å². The number of nitrogens with zero attached hydrogens (tertiary/aromatic N) is 1. The smallest absolute Gasteiger partial charge is 0.410 e. The van der Waals surface area contributed by atoms with E-state index in [9.17, 15) is 13.2 Å². The number of piperidine rings is 1. The highest BCUT2D eigenvalue weighted by molar-refractivity contribution is 7.94. The Morgan fingerprint density at radius 2 is 1.75 bits per heavy atom. The van der Waals surface area contributed by atoms with E-state index in [0.29, 0.717) is 18.0 Å². The maximum absolute atomic E-state index is 12.2. The summed E-state index contributed by atoms with van der Waals surface area (Å²) in [6.45, 7) is 6.68. The van der Waals surface area contributed by atoms with Crippen molar-refractivity contribution in [2.45, 2.75) is 44.1 Å². The zero-order valence-electron chi connectivity index (χ0n) is 14.4. The van der Waals surface area contributed by atoms with Crippen molar-refractivity contribution < 1.29 is 17.9 Å². The van der Waals surface area contributed by atoms with Crippen LogP contribution in [0.5, 0.6) is 0 Å². The number of carbonyl (C=O) groups is 1. The van der Waals surface area contributed by atoms with Gasteiger partial charge in [0.25, 0.3) is 0 Å². The molecule has 0 spiro atoms. The molecular weight excluding hydrogens is 326 g/mol. The van der Waals surface area contributed by atoms with Gasteiger partial charge in [0, 0.05) is 18.5 Å². The molecule has 0 unspecified atom stereocenters. The molecule has 0 aliphatic carbocycles. The van der Waals surface area contributed by atoms with E-state index < -0.39 is 15.4 Å². The minimum Gasteiger partial charge on any atom is -0.444 e. The molecule has 1 fully saturated rings. The molecule has 0 bridgehead atoms. The van der Waals surface area contributed by atoms with Crippen LogP contribution in [0.15, 0.2) is 46.7 Å². The highest BCUT2D eigenvalue weighted by Crippen LogP contribution is 2.22. The Morgan fingerprint density at radius 1 is 1.17 bits per heavy atom. The zero-order chi connectivity index (χ0) is 17.8. The Morgan fingerprint density at radius 3 is 2.29 bits per heavy atom. The molecule has 0 atom stereocenters. The maximum Gasteiger partial charge on any atom is 0.410 e. The van der Waals surface area contributed by atoms with Crippen molar-refractivity contribution in [2.75, 3.05) is 13.1 Å². The lowest BCUT2D eigenvalue weighted by molar-refractivity contribution is 0.0197. The van der Waals surface area contributed by atoms with Crippen molar-refractivity contribution in [3.05, 3.63) is 41.8 Å². The largest absolute Gasteiger partial charge is 0.444 e. The van der Waals surface area contributed by atoms with Crippen molar-refractivity contribution in [3.63, 3.8) is 0 Å². The second kappa shape index (κ2) is 7.38. The zero-order valence-corrected chi connectivity index (χ0v) is 15.3. The van der Waals surface area contributed by atoms with Crippen LogP contribution in [0.1, 0.15) is 33.6 Å². The van der Waals surface area contributed by atoms with Gasteiger partial charge in [-0.25, -0.2) is 13.2 Å². The van der Waals surface area contributed by atoms with Crippen LogP contribution in [0.4, 0.5) is 4.79 Å². The Bertz CT molecular complexity index is 681. The van der Waals surface area contributed by atoms with Gasteiger partial charge in [-0.05, 0) is 51.7 Å². The third-order valence-electron chi connectivity index (χ3n) is 3.79.